The van der Waals surface area contributed by atoms with E-state index < -0.39 is 11.9 Å². The summed E-state index contributed by atoms with van der Waals surface area (Å²) in [7, 11) is 0. The Morgan fingerprint density at radius 3 is 1.41 bits per heavy atom. The number of aliphatic carboxylic acids is 2. The standard InChI is InChI=1S/C28H32N2O2.2C2H4O2.Co/c1-3-5-8-21-12-14-27(31)23(16-21)19-29-25-10-7-11-26(18-25)30-20-24-17-22(9-6-4-2)13-15-28(24)32;2*1-2(3)4;/h7,10-20,31-32H,3-6,8-9H2,1-2H3;2*1H3,(H,3,4);/q;;;+2/p-2. The van der Waals surface area contributed by atoms with E-state index in [0.29, 0.717) is 11.1 Å². The van der Waals surface area contributed by atoms with Gasteiger partial charge in [-0.25, -0.2) is 0 Å². The molecule has 0 bridgehead atoms. The van der Waals surface area contributed by atoms with Gasteiger partial charge in [0.05, 0.1) is 11.4 Å². The minimum Gasteiger partial charge on any atom is -0.550 e. The first-order valence-corrected chi connectivity index (χ1v) is 13.2. The number of aryl methyl sites for hydroxylation is 2. The fourth-order valence-corrected chi connectivity index (χ4v) is 3.43. The largest absolute Gasteiger partial charge is 2.00 e. The van der Waals surface area contributed by atoms with E-state index >= 15 is 0 Å². The van der Waals surface area contributed by atoms with Crippen molar-refractivity contribution in [3.8, 4) is 11.5 Å². The topological polar surface area (TPSA) is 145 Å². The molecule has 0 saturated carbocycles. The van der Waals surface area contributed by atoms with Crippen LogP contribution in [-0.2, 0) is 39.2 Å². The molecule has 8 nitrogen and oxygen atoms in total. The number of phenols is 2. The molecule has 0 aliphatic carbocycles. The van der Waals surface area contributed by atoms with Crippen molar-refractivity contribution in [1.82, 2.24) is 0 Å². The molecule has 0 unspecified atom stereocenters. The van der Waals surface area contributed by atoms with Gasteiger partial charge in [0.1, 0.15) is 11.5 Å². The third-order valence-electron chi connectivity index (χ3n) is 5.36. The Labute approximate surface area is 252 Å². The molecule has 0 aromatic heterocycles. The monoisotopic (exact) mass is 605 g/mol. The predicted molar refractivity (Wildman–Crippen MR) is 156 cm³/mol. The molecule has 3 aromatic rings. The van der Waals surface area contributed by atoms with Gasteiger partial charge in [-0.2, -0.15) is 0 Å². The van der Waals surface area contributed by atoms with Crippen LogP contribution in [0.5, 0.6) is 11.5 Å². The summed E-state index contributed by atoms with van der Waals surface area (Å²) in [5, 5.41) is 38.1. The number of carbonyl (C=O) groups excluding carboxylic acids is 2. The van der Waals surface area contributed by atoms with Crippen LogP contribution >= 0.6 is 0 Å². The fraction of sp³-hybridized carbons (Fsp3) is 0.312. The maximum atomic E-state index is 10.2. The van der Waals surface area contributed by atoms with Gasteiger partial charge in [0.15, 0.2) is 0 Å². The van der Waals surface area contributed by atoms with Gasteiger partial charge >= 0.3 is 16.8 Å². The summed E-state index contributed by atoms with van der Waals surface area (Å²) >= 11 is 0. The van der Waals surface area contributed by atoms with Crippen molar-refractivity contribution in [2.75, 3.05) is 0 Å². The van der Waals surface area contributed by atoms with Crippen LogP contribution in [0, 0.1) is 0 Å². The van der Waals surface area contributed by atoms with E-state index in [4.69, 9.17) is 19.8 Å². The minimum absolute atomic E-state index is 0. The molecule has 0 fully saturated rings. The molecule has 221 valence electrons. The summed E-state index contributed by atoms with van der Waals surface area (Å²) in [6.07, 6.45) is 9.89. The number of hydrogen-bond acceptors (Lipinski definition) is 8. The maximum Gasteiger partial charge on any atom is 2.00 e. The smallest absolute Gasteiger partial charge is 0.550 e. The van der Waals surface area contributed by atoms with E-state index in [1.807, 2.05) is 48.5 Å². The van der Waals surface area contributed by atoms with Crippen molar-refractivity contribution < 1.29 is 46.8 Å². The molecule has 9 heteroatoms. The van der Waals surface area contributed by atoms with Crippen LogP contribution in [0.3, 0.4) is 0 Å². The van der Waals surface area contributed by atoms with E-state index in [0.717, 1.165) is 63.7 Å². The number of rotatable bonds is 10. The van der Waals surface area contributed by atoms with Gasteiger partial charge < -0.3 is 30.0 Å². The molecule has 0 amide bonds. The molecule has 2 N–H and O–H groups in total. The van der Waals surface area contributed by atoms with Crippen LogP contribution in [0.4, 0.5) is 11.4 Å². The van der Waals surface area contributed by atoms with Gasteiger partial charge in [-0.1, -0.05) is 44.9 Å². The molecule has 41 heavy (non-hydrogen) atoms. The third-order valence-corrected chi connectivity index (χ3v) is 5.36. The number of benzene rings is 3. The van der Waals surface area contributed by atoms with Gasteiger partial charge in [0.25, 0.3) is 0 Å². The van der Waals surface area contributed by atoms with Crippen LogP contribution < -0.4 is 10.2 Å². The van der Waals surface area contributed by atoms with Crippen molar-refractivity contribution in [3.05, 3.63) is 82.9 Å². The molecule has 1 radical (unpaired) electrons. The molecule has 0 spiro atoms. The summed E-state index contributed by atoms with van der Waals surface area (Å²) in [5.41, 5.74) is 5.32. The van der Waals surface area contributed by atoms with Crippen LogP contribution in [0.2, 0.25) is 0 Å². The van der Waals surface area contributed by atoms with E-state index in [9.17, 15) is 10.2 Å². The minimum atomic E-state index is -1.08. The Kier molecular flexibility index (Phi) is 18.9. The molecule has 0 atom stereocenters. The average molecular weight is 606 g/mol. The third kappa shape index (κ3) is 16.7. The molecule has 3 rings (SSSR count). The fourth-order valence-electron chi connectivity index (χ4n) is 3.43. The Morgan fingerprint density at radius 2 is 1.07 bits per heavy atom. The molecule has 3 aromatic carbocycles. The molecular formula is C32H38CoN2O6. The zero-order valence-corrected chi connectivity index (χ0v) is 25.0. The first-order valence-electron chi connectivity index (χ1n) is 13.2. The zero-order chi connectivity index (χ0) is 29.9. The van der Waals surface area contributed by atoms with Gasteiger partial charge in [0, 0.05) is 35.5 Å². The molecular weight excluding hydrogens is 567 g/mol. The van der Waals surface area contributed by atoms with Crippen molar-refractivity contribution in [1.29, 1.82) is 0 Å². The maximum absolute atomic E-state index is 10.2. The summed E-state index contributed by atoms with van der Waals surface area (Å²) in [5.74, 6) is -1.72. The SMILES string of the molecule is CC(=O)[O-].CC(=O)[O-].CCCCc1ccc(O)c(C=Nc2cccc(N=Cc3cc(CCCC)ccc3O)c2)c1.[Co+2]. The van der Waals surface area contributed by atoms with E-state index in [1.54, 1.807) is 24.6 Å². The second-order valence-corrected chi connectivity index (χ2v) is 9.01. The van der Waals surface area contributed by atoms with Crippen LogP contribution in [-0.4, -0.2) is 34.6 Å². The quantitative estimate of drug-likeness (QED) is 0.318. The van der Waals surface area contributed by atoms with E-state index in [1.165, 1.54) is 11.1 Å². The van der Waals surface area contributed by atoms with Gasteiger partial charge in [-0.15, -0.1) is 0 Å². The Balaban J connectivity index is 0.00000158. The molecule has 0 aliphatic heterocycles. The average Bonchev–Trinajstić information content (AvgIpc) is 2.90. The normalized spacial score (nSPS) is 10.2. The number of phenolic OH excluding ortho intramolecular Hbond substituents is 2. The van der Waals surface area contributed by atoms with Crippen LogP contribution in [0.1, 0.15) is 75.6 Å². The Morgan fingerprint density at radius 1 is 0.707 bits per heavy atom. The number of carboxylic acids is 2. The van der Waals surface area contributed by atoms with Crippen molar-refractivity contribution in [3.63, 3.8) is 0 Å². The van der Waals surface area contributed by atoms with Crippen LogP contribution in [0.15, 0.2) is 70.6 Å². The Bertz CT molecular complexity index is 1190. The van der Waals surface area contributed by atoms with E-state index in [2.05, 4.69) is 23.8 Å². The number of unbranched alkanes of at least 4 members (excludes halogenated alkanes) is 2. The number of hydrogen-bond donors (Lipinski definition) is 2. The van der Waals surface area contributed by atoms with Gasteiger partial charge in [-0.05, 0) is 93.1 Å². The van der Waals surface area contributed by atoms with E-state index in [-0.39, 0.29) is 28.3 Å². The summed E-state index contributed by atoms with van der Waals surface area (Å²) in [4.78, 5) is 26.8. The summed E-state index contributed by atoms with van der Waals surface area (Å²) < 4.78 is 0. The first kappa shape index (κ1) is 37.0. The predicted octanol–water partition coefficient (Wildman–Crippen LogP) is 4.79. The number of aromatic hydroxyl groups is 2. The molecule has 0 aliphatic rings. The summed E-state index contributed by atoms with van der Waals surface area (Å²) in [6, 6.07) is 18.9. The van der Waals surface area contributed by atoms with Crippen molar-refractivity contribution in [2.45, 2.75) is 66.2 Å². The number of carboxylic acid groups (broad SMARTS) is 2. The Hall–Kier alpha value is -3.95. The van der Waals surface area contributed by atoms with Gasteiger partial charge in [-0.3, -0.25) is 9.98 Å². The zero-order valence-electron chi connectivity index (χ0n) is 23.9. The second-order valence-electron chi connectivity index (χ2n) is 9.01. The summed E-state index contributed by atoms with van der Waals surface area (Å²) in [6.45, 7) is 6.28. The van der Waals surface area contributed by atoms with Crippen LogP contribution in [0.25, 0.3) is 0 Å². The second kappa shape index (κ2) is 20.9. The van der Waals surface area contributed by atoms with Crippen molar-refractivity contribution >= 4 is 35.7 Å². The number of carbonyl (C=O) groups is 2. The number of nitrogens with zero attached hydrogens (tertiary/aromatic N) is 2. The first-order chi connectivity index (χ1) is 19.0. The van der Waals surface area contributed by atoms with Gasteiger partial charge in [0.2, 0.25) is 0 Å². The molecule has 0 saturated heterocycles. The molecule has 0 heterocycles. The number of aliphatic imine (C=N–C) groups is 2. The van der Waals surface area contributed by atoms with Crippen molar-refractivity contribution in [2.24, 2.45) is 9.98 Å².